The van der Waals surface area contributed by atoms with E-state index in [4.69, 9.17) is 4.74 Å². The van der Waals surface area contributed by atoms with E-state index in [0.29, 0.717) is 5.56 Å². The van der Waals surface area contributed by atoms with Crippen LogP contribution < -0.4 is 0 Å². The minimum Gasteiger partial charge on any atom is -0.457 e. The van der Waals surface area contributed by atoms with Gasteiger partial charge in [0.15, 0.2) is 0 Å². The number of carbonyl (C=O) groups excluding carboxylic acids is 2. The Kier molecular flexibility index (Phi) is 5.26. The number of likely N-dealkylation sites (tertiary alicyclic amines) is 1. The molecule has 1 aliphatic heterocycles. The van der Waals surface area contributed by atoms with Gasteiger partial charge in [-0.1, -0.05) is 12.1 Å². The van der Waals surface area contributed by atoms with Crippen molar-refractivity contribution in [3.63, 3.8) is 0 Å². The Morgan fingerprint density at radius 3 is 2.12 bits per heavy atom. The molecule has 0 aliphatic carbocycles. The molecule has 0 aromatic heterocycles. The molecule has 1 saturated heterocycles. The van der Waals surface area contributed by atoms with E-state index < -0.39 is 10.9 Å². The topological polar surface area (TPSA) is 89.8 Å². The molecule has 0 N–H and O–H groups in total. The maximum atomic E-state index is 12.3. The van der Waals surface area contributed by atoms with Gasteiger partial charge in [0.1, 0.15) is 6.61 Å². The molecule has 7 heteroatoms. The summed E-state index contributed by atoms with van der Waals surface area (Å²) in [6, 6.07) is 12.2. The molecule has 0 saturated carbocycles. The third kappa shape index (κ3) is 4.05. The van der Waals surface area contributed by atoms with E-state index in [9.17, 15) is 19.7 Å². The van der Waals surface area contributed by atoms with Crippen LogP contribution in [0.5, 0.6) is 0 Å². The molecule has 2 aromatic rings. The lowest BCUT2D eigenvalue weighted by molar-refractivity contribution is -0.384. The van der Waals surface area contributed by atoms with Gasteiger partial charge < -0.3 is 9.64 Å². The standard InChI is InChI=1S/C19H18N2O5/c22-18(20-11-1-2-12-20)15-5-3-14(4-6-15)13-26-19(23)16-7-9-17(10-8-16)21(24)25/h3-10H,1-2,11-13H2. The maximum Gasteiger partial charge on any atom is 0.338 e. The maximum absolute atomic E-state index is 12.3. The van der Waals surface area contributed by atoms with Gasteiger partial charge in [0, 0.05) is 30.8 Å². The summed E-state index contributed by atoms with van der Waals surface area (Å²) in [5.74, 6) is -0.533. The highest BCUT2D eigenvalue weighted by atomic mass is 16.6. The van der Waals surface area contributed by atoms with Crippen LogP contribution >= 0.6 is 0 Å². The van der Waals surface area contributed by atoms with E-state index in [0.717, 1.165) is 31.5 Å². The van der Waals surface area contributed by atoms with E-state index in [1.54, 1.807) is 24.3 Å². The lowest BCUT2D eigenvalue weighted by Gasteiger charge is -2.15. The van der Waals surface area contributed by atoms with E-state index in [-0.39, 0.29) is 23.8 Å². The molecule has 2 aromatic carbocycles. The minimum atomic E-state index is -0.558. The second kappa shape index (κ2) is 7.77. The van der Waals surface area contributed by atoms with Crippen molar-refractivity contribution < 1.29 is 19.2 Å². The molecule has 0 bridgehead atoms. The highest BCUT2D eigenvalue weighted by Gasteiger charge is 2.19. The van der Waals surface area contributed by atoms with Crippen LogP contribution in [0.15, 0.2) is 48.5 Å². The average Bonchev–Trinajstić information content (AvgIpc) is 3.21. The second-order valence-corrected chi connectivity index (χ2v) is 6.08. The number of hydrogen-bond donors (Lipinski definition) is 0. The number of nitro benzene ring substituents is 1. The Morgan fingerprint density at radius 2 is 1.54 bits per heavy atom. The van der Waals surface area contributed by atoms with Gasteiger partial charge in [-0.25, -0.2) is 4.79 Å². The predicted octanol–water partition coefficient (Wildman–Crippen LogP) is 3.19. The quantitative estimate of drug-likeness (QED) is 0.467. The van der Waals surface area contributed by atoms with E-state index >= 15 is 0 Å². The first-order valence-corrected chi connectivity index (χ1v) is 8.34. The zero-order chi connectivity index (χ0) is 18.5. The summed E-state index contributed by atoms with van der Waals surface area (Å²) in [5, 5.41) is 10.6. The number of esters is 1. The SMILES string of the molecule is O=C(OCc1ccc(C(=O)N2CCCC2)cc1)c1ccc([N+](=O)[O-])cc1. The monoisotopic (exact) mass is 354 g/mol. The zero-order valence-corrected chi connectivity index (χ0v) is 14.1. The predicted molar refractivity (Wildman–Crippen MR) is 93.8 cm³/mol. The van der Waals surface area contributed by atoms with Crippen LogP contribution in [0.25, 0.3) is 0 Å². The number of hydrogen-bond acceptors (Lipinski definition) is 5. The lowest BCUT2D eigenvalue weighted by atomic mass is 10.1. The molecular formula is C19H18N2O5. The van der Waals surface area contributed by atoms with Crippen molar-refractivity contribution in [2.45, 2.75) is 19.4 Å². The largest absolute Gasteiger partial charge is 0.457 e. The molecule has 1 fully saturated rings. The molecule has 0 spiro atoms. The van der Waals surface area contributed by atoms with Crippen LogP contribution in [0.2, 0.25) is 0 Å². The van der Waals surface area contributed by atoms with Crippen LogP contribution in [0.4, 0.5) is 5.69 Å². The molecule has 26 heavy (non-hydrogen) atoms. The van der Waals surface area contributed by atoms with Gasteiger partial charge in [0.2, 0.25) is 0 Å². The zero-order valence-electron chi connectivity index (χ0n) is 14.1. The molecule has 1 aliphatic rings. The fraction of sp³-hybridized carbons (Fsp3) is 0.263. The van der Waals surface area contributed by atoms with Gasteiger partial charge in [-0.2, -0.15) is 0 Å². The lowest BCUT2D eigenvalue weighted by Crippen LogP contribution is -2.27. The summed E-state index contributed by atoms with van der Waals surface area (Å²) in [6.45, 7) is 1.66. The first-order chi connectivity index (χ1) is 12.5. The number of nitrogens with zero attached hydrogens (tertiary/aromatic N) is 2. The summed E-state index contributed by atoms with van der Waals surface area (Å²) in [4.78, 5) is 36.2. The molecule has 1 heterocycles. The number of ether oxygens (including phenoxy) is 1. The second-order valence-electron chi connectivity index (χ2n) is 6.08. The van der Waals surface area contributed by atoms with Crippen LogP contribution in [0.1, 0.15) is 39.1 Å². The fourth-order valence-corrected chi connectivity index (χ4v) is 2.80. The first-order valence-electron chi connectivity index (χ1n) is 8.34. The molecule has 3 rings (SSSR count). The summed E-state index contributed by atoms with van der Waals surface area (Å²) in [7, 11) is 0. The Labute approximate surface area is 150 Å². The van der Waals surface area contributed by atoms with Crippen molar-refractivity contribution in [2.24, 2.45) is 0 Å². The van der Waals surface area contributed by atoms with Crippen molar-refractivity contribution in [2.75, 3.05) is 13.1 Å². The Bertz CT molecular complexity index is 809. The molecule has 1 amide bonds. The van der Waals surface area contributed by atoms with E-state index in [1.807, 2.05) is 4.90 Å². The van der Waals surface area contributed by atoms with E-state index in [2.05, 4.69) is 0 Å². The Balaban J connectivity index is 1.56. The molecule has 134 valence electrons. The van der Waals surface area contributed by atoms with Crippen LogP contribution in [-0.2, 0) is 11.3 Å². The smallest absolute Gasteiger partial charge is 0.338 e. The number of non-ortho nitro benzene ring substituents is 1. The fourth-order valence-electron chi connectivity index (χ4n) is 2.80. The first kappa shape index (κ1) is 17.6. The minimum absolute atomic E-state index is 0.0249. The van der Waals surface area contributed by atoms with Crippen molar-refractivity contribution in [1.29, 1.82) is 0 Å². The molecule has 0 radical (unpaired) electrons. The van der Waals surface area contributed by atoms with Crippen molar-refractivity contribution in [3.8, 4) is 0 Å². The van der Waals surface area contributed by atoms with E-state index in [1.165, 1.54) is 24.3 Å². The molecule has 0 unspecified atom stereocenters. The highest BCUT2D eigenvalue weighted by Crippen LogP contribution is 2.15. The number of rotatable bonds is 5. The normalized spacial score (nSPS) is 13.5. The Hall–Kier alpha value is -3.22. The summed E-state index contributed by atoms with van der Waals surface area (Å²) < 4.78 is 5.21. The van der Waals surface area contributed by atoms with Gasteiger partial charge in [-0.3, -0.25) is 14.9 Å². The summed E-state index contributed by atoms with van der Waals surface area (Å²) in [6.07, 6.45) is 2.09. The third-order valence-corrected chi connectivity index (χ3v) is 4.28. The number of amides is 1. The van der Waals surface area contributed by atoms with Gasteiger partial charge >= 0.3 is 5.97 Å². The van der Waals surface area contributed by atoms with Gasteiger partial charge in [-0.05, 0) is 42.7 Å². The Morgan fingerprint density at radius 1 is 0.962 bits per heavy atom. The van der Waals surface area contributed by atoms with Crippen LogP contribution in [-0.4, -0.2) is 34.8 Å². The molecule has 0 atom stereocenters. The van der Waals surface area contributed by atoms with Crippen molar-refractivity contribution in [1.82, 2.24) is 4.90 Å². The van der Waals surface area contributed by atoms with Crippen molar-refractivity contribution in [3.05, 3.63) is 75.3 Å². The number of benzene rings is 2. The number of nitro groups is 1. The van der Waals surface area contributed by atoms with Crippen LogP contribution in [0, 0.1) is 10.1 Å². The third-order valence-electron chi connectivity index (χ3n) is 4.28. The average molecular weight is 354 g/mol. The summed E-state index contributed by atoms with van der Waals surface area (Å²) >= 11 is 0. The van der Waals surface area contributed by atoms with Gasteiger partial charge in [-0.15, -0.1) is 0 Å². The highest BCUT2D eigenvalue weighted by molar-refractivity contribution is 5.94. The van der Waals surface area contributed by atoms with Gasteiger partial charge in [0.05, 0.1) is 10.5 Å². The van der Waals surface area contributed by atoms with Gasteiger partial charge in [0.25, 0.3) is 11.6 Å². The van der Waals surface area contributed by atoms with Crippen LogP contribution in [0.3, 0.4) is 0 Å². The molecule has 7 nitrogen and oxygen atoms in total. The summed E-state index contributed by atoms with van der Waals surface area (Å²) in [5.41, 5.74) is 1.55. The van der Waals surface area contributed by atoms with Crippen molar-refractivity contribution >= 4 is 17.6 Å². The number of carbonyl (C=O) groups is 2. The molecular weight excluding hydrogens is 336 g/mol.